The molecule has 2 fully saturated rings. The highest BCUT2D eigenvalue weighted by molar-refractivity contribution is 5.94. The molecule has 1 aromatic carbocycles. The number of amides is 2. The van der Waals surface area contributed by atoms with E-state index in [2.05, 4.69) is 15.7 Å². The molecule has 2 N–H and O–H groups in total. The first-order valence-corrected chi connectivity index (χ1v) is 9.50. The number of hydrogen-bond acceptors (Lipinski definition) is 4. The largest absolute Gasteiger partial charge is 0.376 e. The summed E-state index contributed by atoms with van der Waals surface area (Å²) < 4.78 is 7.26. The van der Waals surface area contributed by atoms with Crippen LogP contribution < -0.4 is 10.6 Å². The summed E-state index contributed by atoms with van der Waals surface area (Å²) in [4.78, 5) is 23.9. The quantitative estimate of drug-likeness (QED) is 0.781. The smallest absolute Gasteiger partial charge is 0.251 e. The molecule has 2 heterocycles. The minimum atomic E-state index is -0.0963. The third-order valence-corrected chi connectivity index (χ3v) is 4.96. The molecule has 2 aromatic rings. The summed E-state index contributed by atoms with van der Waals surface area (Å²) in [6.45, 7) is 1.82. The lowest BCUT2D eigenvalue weighted by Crippen LogP contribution is -2.31. The van der Waals surface area contributed by atoms with E-state index in [1.54, 1.807) is 23.0 Å². The van der Waals surface area contributed by atoms with Crippen molar-refractivity contribution in [1.82, 2.24) is 20.4 Å². The molecule has 1 saturated heterocycles. The first-order chi connectivity index (χ1) is 13.2. The van der Waals surface area contributed by atoms with Crippen molar-refractivity contribution in [1.29, 1.82) is 0 Å². The Morgan fingerprint density at radius 2 is 1.96 bits per heavy atom. The average Bonchev–Trinajstić information content (AvgIpc) is 3.22. The predicted molar refractivity (Wildman–Crippen MR) is 99.4 cm³/mol. The zero-order valence-corrected chi connectivity index (χ0v) is 15.2. The molecule has 27 heavy (non-hydrogen) atoms. The number of benzene rings is 1. The van der Waals surface area contributed by atoms with Gasteiger partial charge >= 0.3 is 0 Å². The number of nitrogens with zero attached hydrogens (tertiary/aromatic N) is 2. The average molecular weight is 368 g/mol. The molecule has 1 atom stereocenters. The minimum absolute atomic E-state index is 0.0963. The van der Waals surface area contributed by atoms with Gasteiger partial charge in [0, 0.05) is 42.9 Å². The van der Waals surface area contributed by atoms with Crippen LogP contribution in [0.5, 0.6) is 0 Å². The zero-order chi connectivity index (χ0) is 18.6. The van der Waals surface area contributed by atoms with Gasteiger partial charge in [-0.2, -0.15) is 5.10 Å². The van der Waals surface area contributed by atoms with E-state index in [9.17, 15) is 9.59 Å². The van der Waals surface area contributed by atoms with Gasteiger partial charge in [0.05, 0.1) is 18.0 Å². The Kier molecular flexibility index (Phi) is 5.20. The number of ether oxygens (including phenoxy) is 1. The fraction of sp³-hybridized carbons (Fsp3) is 0.450. The van der Waals surface area contributed by atoms with E-state index in [0.29, 0.717) is 18.7 Å². The molecule has 7 nitrogen and oxygen atoms in total. The zero-order valence-electron chi connectivity index (χ0n) is 15.2. The molecule has 1 aliphatic carbocycles. The second-order valence-electron chi connectivity index (χ2n) is 7.18. The van der Waals surface area contributed by atoms with Gasteiger partial charge in [-0.05, 0) is 49.9 Å². The molecule has 0 unspecified atom stereocenters. The summed E-state index contributed by atoms with van der Waals surface area (Å²) in [7, 11) is 0. The van der Waals surface area contributed by atoms with E-state index in [0.717, 1.165) is 43.5 Å². The van der Waals surface area contributed by atoms with Crippen molar-refractivity contribution in [2.24, 2.45) is 5.92 Å². The maximum Gasteiger partial charge on any atom is 0.251 e. The highest BCUT2D eigenvalue weighted by atomic mass is 16.5. The molecule has 0 spiro atoms. The lowest BCUT2D eigenvalue weighted by molar-refractivity contribution is -0.122. The normalized spacial score (nSPS) is 19.0. The van der Waals surface area contributed by atoms with Crippen molar-refractivity contribution < 1.29 is 14.3 Å². The van der Waals surface area contributed by atoms with Crippen molar-refractivity contribution >= 4 is 11.8 Å². The van der Waals surface area contributed by atoms with E-state index >= 15 is 0 Å². The van der Waals surface area contributed by atoms with E-state index in [-0.39, 0.29) is 23.8 Å². The van der Waals surface area contributed by atoms with Crippen LogP contribution in [0.25, 0.3) is 5.69 Å². The Morgan fingerprint density at radius 1 is 1.15 bits per heavy atom. The van der Waals surface area contributed by atoms with Gasteiger partial charge in [-0.3, -0.25) is 9.59 Å². The van der Waals surface area contributed by atoms with Gasteiger partial charge < -0.3 is 15.4 Å². The lowest BCUT2D eigenvalue weighted by Gasteiger charge is -2.11. The van der Waals surface area contributed by atoms with Crippen LogP contribution in [-0.4, -0.2) is 40.9 Å². The summed E-state index contributed by atoms with van der Waals surface area (Å²) in [5, 5.41) is 10.2. The van der Waals surface area contributed by atoms with Crippen molar-refractivity contribution in [3.63, 3.8) is 0 Å². The van der Waals surface area contributed by atoms with Crippen molar-refractivity contribution in [3.05, 3.63) is 47.8 Å². The number of rotatable bonds is 7. The molecular formula is C20H24N4O3. The monoisotopic (exact) mass is 368 g/mol. The van der Waals surface area contributed by atoms with Crippen LogP contribution in [0.2, 0.25) is 0 Å². The number of aromatic nitrogens is 2. The number of hydrogen-bond donors (Lipinski definition) is 2. The Morgan fingerprint density at radius 3 is 2.67 bits per heavy atom. The summed E-state index contributed by atoms with van der Waals surface area (Å²) >= 11 is 0. The Hall–Kier alpha value is -2.67. The summed E-state index contributed by atoms with van der Waals surface area (Å²) in [5.41, 5.74) is 2.42. The fourth-order valence-corrected chi connectivity index (χ4v) is 3.15. The molecule has 4 rings (SSSR count). The van der Waals surface area contributed by atoms with E-state index in [1.807, 2.05) is 18.3 Å². The molecule has 2 amide bonds. The summed E-state index contributed by atoms with van der Waals surface area (Å²) in [6, 6.07) is 7.30. The van der Waals surface area contributed by atoms with Crippen molar-refractivity contribution in [2.45, 2.75) is 38.3 Å². The first-order valence-electron chi connectivity index (χ1n) is 9.50. The Balaban J connectivity index is 1.31. The third kappa shape index (κ3) is 4.54. The molecule has 2 aliphatic rings. The van der Waals surface area contributed by atoms with Crippen LogP contribution in [0, 0.1) is 5.92 Å². The fourth-order valence-electron chi connectivity index (χ4n) is 3.15. The van der Waals surface area contributed by atoms with Crippen molar-refractivity contribution in [3.8, 4) is 5.69 Å². The number of carbonyl (C=O) groups excluding carboxylic acids is 2. The van der Waals surface area contributed by atoms with Crippen LogP contribution in [0.4, 0.5) is 0 Å². The van der Waals surface area contributed by atoms with Crippen LogP contribution in [0.3, 0.4) is 0 Å². The maximum atomic E-state index is 12.2. The first kappa shape index (κ1) is 17.7. The van der Waals surface area contributed by atoms with E-state index < -0.39 is 0 Å². The minimum Gasteiger partial charge on any atom is -0.376 e. The van der Waals surface area contributed by atoms with Gasteiger partial charge in [-0.15, -0.1) is 0 Å². The van der Waals surface area contributed by atoms with Gasteiger partial charge in [0.25, 0.3) is 5.91 Å². The summed E-state index contributed by atoms with van der Waals surface area (Å²) in [5.74, 6) is 0.237. The standard InChI is InChI=1S/C20H24N4O3/c25-19(15-3-4-15)21-10-14-11-23-24(13-14)17-7-5-16(6-8-17)20(26)22-12-18-2-1-9-27-18/h5-8,11,13,15,18H,1-4,9-10,12H2,(H,21,25)(H,22,26)/t18-/m1/s1. The molecule has 0 radical (unpaired) electrons. The second-order valence-corrected chi connectivity index (χ2v) is 7.18. The van der Waals surface area contributed by atoms with E-state index in [1.165, 1.54) is 0 Å². The molecular weight excluding hydrogens is 344 g/mol. The van der Waals surface area contributed by atoms with Gasteiger partial charge in [0.15, 0.2) is 0 Å². The third-order valence-electron chi connectivity index (χ3n) is 4.96. The SMILES string of the molecule is O=C(NC[C@H]1CCCO1)c1ccc(-n2cc(CNC(=O)C3CC3)cn2)cc1. The molecule has 0 bridgehead atoms. The highest BCUT2D eigenvalue weighted by Crippen LogP contribution is 2.28. The lowest BCUT2D eigenvalue weighted by atomic mass is 10.2. The van der Waals surface area contributed by atoms with Crippen LogP contribution >= 0.6 is 0 Å². The summed E-state index contributed by atoms with van der Waals surface area (Å²) in [6.07, 6.45) is 7.83. The van der Waals surface area contributed by atoms with Gasteiger partial charge in [-0.1, -0.05) is 0 Å². The van der Waals surface area contributed by atoms with Crippen molar-refractivity contribution in [2.75, 3.05) is 13.2 Å². The van der Waals surface area contributed by atoms with Crippen LogP contribution in [0.15, 0.2) is 36.7 Å². The highest BCUT2D eigenvalue weighted by Gasteiger charge is 2.29. The molecule has 142 valence electrons. The maximum absolute atomic E-state index is 12.2. The van der Waals surface area contributed by atoms with Crippen LogP contribution in [-0.2, 0) is 16.1 Å². The molecule has 1 saturated carbocycles. The topological polar surface area (TPSA) is 85.2 Å². The van der Waals surface area contributed by atoms with Gasteiger partial charge in [-0.25, -0.2) is 4.68 Å². The predicted octanol–water partition coefficient (Wildman–Crippen LogP) is 1.81. The number of carbonyl (C=O) groups is 2. The Bertz CT molecular complexity index is 805. The van der Waals surface area contributed by atoms with Gasteiger partial charge in [0.2, 0.25) is 5.91 Å². The molecule has 7 heteroatoms. The number of nitrogens with one attached hydrogen (secondary N) is 2. The van der Waals surface area contributed by atoms with Crippen LogP contribution in [0.1, 0.15) is 41.6 Å². The Labute approximate surface area is 158 Å². The van der Waals surface area contributed by atoms with E-state index in [4.69, 9.17) is 4.74 Å². The molecule has 1 aliphatic heterocycles. The van der Waals surface area contributed by atoms with Gasteiger partial charge in [0.1, 0.15) is 0 Å². The molecule has 1 aromatic heterocycles. The second kappa shape index (κ2) is 7.92.